The first-order chi connectivity index (χ1) is 21.8. The normalized spacial score (nSPS) is 26.9. The minimum absolute atomic E-state index is 0.0720. The van der Waals surface area contributed by atoms with Crippen molar-refractivity contribution in [2.24, 2.45) is 0 Å². The van der Waals surface area contributed by atoms with Crippen molar-refractivity contribution in [3.8, 4) is 0 Å². The molecule has 1 saturated carbocycles. The van der Waals surface area contributed by atoms with Gasteiger partial charge in [-0.3, -0.25) is 24.7 Å². The maximum absolute atomic E-state index is 15.6. The molecule has 246 valence electrons. The summed E-state index contributed by atoms with van der Waals surface area (Å²) in [7, 11) is 1.53. The smallest absolute Gasteiger partial charge is 0.325 e. The van der Waals surface area contributed by atoms with E-state index >= 15 is 4.39 Å². The fraction of sp³-hybridized carbons (Fsp3) is 0.484. The fourth-order valence-electron chi connectivity index (χ4n) is 7.08. The van der Waals surface area contributed by atoms with E-state index in [1.807, 2.05) is 0 Å². The molecule has 4 atom stereocenters. The second kappa shape index (κ2) is 11.9. The molecule has 2 saturated heterocycles. The highest BCUT2D eigenvalue weighted by Gasteiger charge is 2.59. The lowest BCUT2D eigenvalue weighted by Gasteiger charge is -2.34. The van der Waals surface area contributed by atoms with Crippen molar-refractivity contribution in [2.45, 2.75) is 61.8 Å². The number of imide groups is 1. The van der Waals surface area contributed by atoms with Crippen LogP contribution in [0.1, 0.15) is 60.0 Å². The summed E-state index contributed by atoms with van der Waals surface area (Å²) in [6, 6.07) is 4.79. The highest BCUT2D eigenvalue weighted by molar-refractivity contribution is 6.10. The zero-order chi connectivity index (χ0) is 33.0. The standard InChI is InChI=1S/C31H33F5N6O4/c1-37-26(43)15-40-14-19(12-38-40)18-4-5-23-22(9-18)24(34)11-30(23)28(45)42(29(46)39-30)16-27(44)41(25-3-2-6-31(25,35)36)13-17-7-20(32)10-21(33)8-17/h4-5,7-10,19,24-25,38H,2-3,6,11-16H2,1H3,(H,37,43)(H,39,46)/t19?,24-,25?,30+/m1/s1. The molecule has 46 heavy (non-hydrogen) atoms. The lowest BCUT2D eigenvalue weighted by atomic mass is 9.89. The molecule has 0 radical (unpaired) electrons. The zero-order valence-corrected chi connectivity index (χ0v) is 24.9. The summed E-state index contributed by atoms with van der Waals surface area (Å²) in [5.74, 6) is -7.36. The van der Waals surface area contributed by atoms with Crippen LogP contribution in [0.15, 0.2) is 36.4 Å². The van der Waals surface area contributed by atoms with Crippen LogP contribution in [0.25, 0.3) is 0 Å². The Labute approximate surface area is 261 Å². The highest BCUT2D eigenvalue weighted by Crippen LogP contribution is 2.49. The number of nitrogens with one attached hydrogen (secondary N) is 3. The van der Waals surface area contributed by atoms with E-state index in [2.05, 4.69) is 16.1 Å². The van der Waals surface area contributed by atoms with Gasteiger partial charge in [0.25, 0.3) is 11.8 Å². The molecule has 2 heterocycles. The van der Waals surface area contributed by atoms with Crippen molar-refractivity contribution < 1.29 is 41.1 Å². The van der Waals surface area contributed by atoms with Crippen LogP contribution in [-0.2, 0) is 26.5 Å². The first kappa shape index (κ1) is 31.9. The Morgan fingerprint density at radius 3 is 2.50 bits per heavy atom. The van der Waals surface area contributed by atoms with Crippen molar-refractivity contribution >= 4 is 23.8 Å². The Morgan fingerprint density at radius 1 is 1.09 bits per heavy atom. The van der Waals surface area contributed by atoms with Crippen LogP contribution in [0, 0.1) is 11.6 Å². The van der Waals surface area contributed by atoms with Gasteiger partial charge in [0, 0.05) is 51.5 Å². The summed E-state index contributed by atoms with van der Waals surface area (Å²) in [4.78, 5) is 53.6. The van der Waals surface area contributed by atoms with Crippen LogP contribution in [0.4, 0.5) is 26.7 Å². The third kappa shape index (κ3) is 5.70. The molecule has 2 aliphatic heterocycles. The third-order valence-electron chi connectivity index (χ3n) is 9.36. The minimum Gasteiger partial charge on any atom is -0.358 e. The number of hydrogen-bond acceptors (Lipinski definition) is 6. The summed E-state index contributed by atoms with van der Waals surface area (Å²) < 4.78 is 73.1. The number of hydrogen-bond donors (Lipinski definition) is 3. The molecule has 3 fully saturated rings. The number of carbonyl (C=O) groups excluding carboxylic acids is 4. The average Bonchev–Trinajstić information content (AvgIpc) is 3.73. The number of alkyl halides is 3. The Hall–Kier alpha value is -4.11. The number of amides is 5. The van der Waals surface area contributed by atoms with E-state index in [0.29, 0.717) is 24.1 Å². The van der Waals surface area contributed by atoms with Crippen LogP contribution in [0.5, 0.6) is 0 Å². The van der Waals surface area contributed by atoms with Gasteiger partial charge in [-0.1, -0.05) is 18.2 Å². The molecule has 6 rings (SSSR count). The largest absolute Gasteiger partial charge is 0.358 e. The molecule has 2 aromatic rings. The topological polar surface area (TPSA) is 114 Å². The lowest BCUT2D eigenvalue weighted by Crippen LogP contribution is -2.51. The zero-order valence-electron chi connectivity index (χ0n) is 24.9. The van der Waals surface area contributed by atoms with Crippen LogP contribution in [-0.4, -0.2) is 83.8 Å². The predicted octanol–water partition coefficient (Wildman–Crippen LogP) is 2.99. The molecule has 3 N–H and O–H groups in total. The van der Waals surface area contributed by atoms with Gasteiger partial charge in [0.15, 0.2) is 0 Å². The summed E-state index contributed by atoms with van der Waals surface area (Å²) in [6.45, 7) is -0.370. The van der Waals surface area contributed by atoms with Crippen LogP contribution < -0.4 is 16.1 Å². The van der Waals surface area contributed by atoms with Gasteiger partial charge in [0.05, 0.1) is 12.6 Å². The van der Waals surface area contributed by atoms with Crippen molar-refractivity contribution in [2.75, 3.05) is 33.2 Å². The number of carbonyl (C=O) groups is 4. The van der Waals surface area contributed by atoms with E-state index in [1.54, 1.807) is 23.2 Å². The van der Waals surface area contributed by atoms with E-state index in [1.165, 1.54) is 7.05 Å². The van der Waals surface area contributed by atoms with Crippen LogP contribution in [0.3, 0.4) is 0 Å². The second-order valence-electron chi connectivity index (χ2n) is 12.3. The second-order valence-corrected chi connectivity index (χ2v) is 12.3. The number of halogens is 5. The number of benzene rings is 2. The monoisotopic (exact) mass is 648 g/mol. The number of rotatable bonds is 8. The summed E-state index contributed by atoms with van der Waals surface area (Å²) >= 11 is 0. The van der Waals surface area contributed by atoms with Crippen molar-refractivity contribution in [3.63, 3.8) is 0 Å². The molecule has 10 nitrogen and oxygen atoms in total. The highest BCUT2D eigenvalue weighted by atomic mass is 19.3. The van der Waals surface area contributed by atoms with Gasteiger partial charge in [-0.2, -0.15) is 0 Å². The van der Waals surface area contributed by atoms with Crippen LogP contribution >= 0.6 is 0 Å². The SMILES string of the molecule is CNC(=O)CN1CC(c2ccc3c(c2)[C@H](F)C[C@]32NC(=O)N(CC(=O)N(Cc3cc(F)cc(F)c3)C3CCCC3(F)F)C2=O)CN1. The lowest BCUT2D eigenvalue weighted by molar-refractivity contribution is -0.147. The quantitative estimate of drug-likeness (QED) is 0.300. The molecule has 2 unspecified atom stereocenters. The first-order valence-electron chi connectivity index (χ1n) is 15.0. The minimum atomic E-state index is -3.29. The summed E-state index contributed by atoms with van der Waals surface area (Å²) in [6.07, 6.45) is -2.52. The maximum Gasteiger partial charge on any atom is 0.325 e. The van der Waals surface area contributed by atoms with Crippen molar-refractivity contribution in [1.82, 2.24) is 30.9 Å². The van der Waals surface area contributed by atoms with Gasteiger partial charge in [-0.15, -0.1) is 0 Å². The Kier molecular flexibility index (Phi) is 8.25. The molecule has 2 aliphatic carbocycles. The Bertz CT molecular complexity index is 1570. The number of fused-ring (bicyclic) bond motifs is 2. The Balaban J connectivity index is 1.22. The number of nitrogens with zero attached hydrogens (tertiary/aromatic N) is 3. The summed E-state index contributed by atoms with van der Waals surface area (Å²) in [5, 5.41) is 6.85. The Morgan fingerprint density at radius 2 is 1.83 bits per heavy atom. The molecule has 0 bridgehead atoms. The maximum atomic E-state index is 15.6. The number of urea groups is 1. The summed E-state index contributed by atoms with van der Waals surface area (Å²) in [5.41, 5.74) is 2.49. The molecule has 4 aliphatic rings. The van der Waals surface area contributed by atoms with Gasteiger partial charge >= 0.3 is 6.03 Å². The van der Waals surface area contributed by atoms with Gasteiger partial charge in [-0.05, 0) is 47.2 Å². The van der Waals surface area contributed by atoms with Gasteiger partial charge in [-0.25, -0.2) is 31.8 Å². The molecule has 0 aromatic heterocycles. The molecule has 15 heteroatoms. The molecular weight excluding hydrogens is 615 g/mol. The van der Waals surface area contributed by atoms with E-state index in [0.717, 1.165) is 22.6 Å². The molecular formula is C31H33F5N6O4. The first-order valence-corrected chi connectivity index (χ1v) is 15.0. The van der Waals surface area contributed by atoms with Gasteiger partial charge in [0.1, 0.15) is 29.9 Å². The van der Waals surface area contributed by atoms with E-state index < -0.39 is 79.1 Å². The average molecular weight is 649 g/mol. The van der Waals surface area contributed by atoms with Crippen LogP contribution in [0.2, 0.25) is 0 Å². The molecule has 1 spiro atoms. The van der Waals surface area contributed by atoms with E-state index in [-0.39, 0.29) is 47.9 Å². The van der Waals surface area contributed by atoms with E-state index in [4.69, 9.17) is 0 Å². The van der Waals surface area contributed by atoms with Crippen molar-refractivity contribution in [3.05, 3.63) is 70.3 Å². The van der Waals surface area contributed by atoms with Gasteiger partial charge in [0.2, 0.25) is 11.8 Å². The molecule has 2 aromatic carbocycles. The fourth-order valence-corrected chi connectivity index (χ4v) is 7.08. The van der Waals surface area contributed by atoms with Gasteiger partial charge < -0.3 is 15.5 Å². The molecule has 5 amide bonds. The third-order valence-corrected chi connectivity index (χ3v) is 9.36. The predicted molar refractivity (Wildman–Crippen MR) is 153 cm³/mol. The number of hydrazine groups is 1. The number of likely N-dealkylation sites (N-methyl/N-ethyl adjacent to an activating group) is 1. The van der Waals surface area contributed by atoms with E-state index in [9.17, 15) is 36.7 Å². The van der Waals surface area contributed by atoms with Crippen molar-refractivity contribution in [1.29, 1.82) is 0 Å².